The van der Waals surface area contributed by atoms with Gasteiger partial charge in [-0.3, -0.25) is 0 Å². The van der Waals surface area contributed by atoms with Gasteiger partial charge in [-0.1, -0.05) is 12.1 Å². The molecular formula is C16H24O2. The molecule has 0 aliphatic heterocycles. The predicted molar refractivity (Wildman–Crippen MR) is 76.0 cm³/mol. The van der Waals surface area contributed by atoms with Crippen LogP contribution in [0.5, 0.6) is 5.75 Å². The second-order valence-corrected chi connectivity index (χ2v) is 4.69. The van der Waals surface area contributed by atoms with E-state index in [1.54, 1.807) is 6.92 Å². The Morgan fingerprint density at radius 1 is 1.33 bits per heavy atom. The van der Waals surface area contributed by atoms with Gasteiger partial charge in [0.2, 0.25) is 0 Å². The number of unbranched alkanes of at least 4 members (excludes halogenated alkanes) is 3. The summed E-state index contributed by atoms with van der Waals surface area (Å²) in [6.07, 6.45) is 6.06. The van der Waals surface area contributed by atoms with E-state index in [0.29, 0.717) is 0 Å². The van der Waals surface area contributed by atoms with E-state index in [2.05, 4.69) is 6.58 Å². The quantitative estimate of drug-likeness (QED) is 0.552. The molecule has 0 bridgehead atoms. The SMILES string of the molecule is C=CCCCCCOc1ccc(C(C)O)cc1C. The first-order valence-corrected chi connectivity index (χ1v) is 6.67. The van der Waals surface area contributed by atoms with E-state index in [1.165, 1.54) is 12.8 Å². The number of hydrogen-bond acceptors (Lipinski definition) is 2. The first kappa shape index (κ1) is 14.8. The Bertz CT molecular complexity index is 369. The molecular weight excluding hydrogens is 224 g/mol. The van der Waals surface area contributed by atoms with Crippen molar-refractivity contribution >= 4 is 0 Å². The van der Waals surface area contributed by atoms with Gasteiger partial charge in [0.15, 0.2) is 0 Å². The van der Waals surface area contributed by atoms with E-state index in [4.69, 9.17) is 4.74 Å². The van der Waals surface area contributed by atoms with Gasteiger partial charge in [0, 0.05) is 0 Å². The summed E-state index contributed by atoms with van der Waals surface area (Å²) in [5, 5.41) is 9.49. The Kier molecular flexibility index (Phi) is 6.51. The van der Waals surface area contributed by atoms with Gasteiger partial charge in [-0.2, -0.15) is 0 Å². The average molecular weight is 248 g/mol. The maximum atomic E-state index is 9.49. The van der Waals surface area contributed by atoms with Gasteiger partial charge in [0.25, 0.3) is 0 Å². The first-order valence-electron chi connectivity index (χ1n) is 6.67. The van der Waals surface area contributed by atoms with Crippen LogP contribution in [0.4, 0.5) is 0 Å². The number of ether oxygens (including phenoxy) is 1. The number of benzene rings is 1. The van der Waals surface area contributed by atoms with Crippen LogP contribution < -0.4 is 4.74 Å². The molecule has 0 saturated heterocycles. The Hall–Kier alpha value is -1.28. The number of aliphatic hydroxyl groups excluding tert-OH is 1. The Morgan fingerprint density at radius 3 is 2.72 bits per heavy atom. The lowest BCUT2D eigenvalue weighted by atomic mass is 10.1. The maximum Gasteiger partial charge on any atom is 0.122 e. The molecule has 0 aliphatic rings. The zero-order chi connectivity index (χ0) is 13.4. The lowest BCUT2D eigenvalue weighted by molar-refractivity contribution is 0.199. The number of hydrogen-bond donors (Lipinski definition) is 1. The predicted octanol–water partition coefficient (Wildman–Crippen LogP) is 4.17. The number of aliphatic hydroxyl groups is 1. The standard InChI is InChI=1S/C16H24O2/c1-4-5-6-7-8-11-18-16-10-9-15(14(3)17)12-13(16)2/h4,9-10,12,14,17H,1,5-8,11H2,2-3H3. The van der Waals surface area contributed by atoms with Crippen LogP contribution in [0.15, 0.2) is 30.9 Å². The van der Waals surface area contributed by atoms with E-state index >= 15 is 0 Å². The van der Waals surface area contributed by atoms with Crippen molar-refractivity contribution in [2.24, 2.45) is 0 Å². The molecule has 0 heterocycles. The summed E-state index contributed by atoms with van der Waals surface area (Å²) in [6.45, 7) is 8.25. The van der Waals surface area contributed by atoms with Gasteiger partial charge in [0.05, 0.1) is 12.7 Å². The van der Waals surface area contributed by atoms with Crippen molar-refractivity contribution in [3.63, 3.8) is 0 Å². The van der Waals surface area contributed by atoms with Crippen LogP contribution in [0, 0.1) is 6.92 Å². The van der Waals surface area contributed by atoms with Crippen molar-refractivity contribution in [3.8, 4) is 5.75 Å². The summed E-state index contributed by atoms with van der Waals surface area (Å²) >= 11 is 0. The zero-order valence-electron chi connectivity index (χ0n) is 11.5. The zero-order valence-corrected chi connectivity index (χ0v) is 11.5. The number of aryl methyl sites for hydroxylation is 1. The summed E-state index contributed by atoms with van der Waals surface area (Å²) in [7, 11) is 0. The molecule has 1 atom stereocenters. The molecule has 0 saturated carbocycles. The van der Waals surface area contributed by atoms with Crippen molar-refractivity contribution in [1.29, 1.82) is 0 Å². The molecule has 0 spiro atoms. The highest BCUT2D eigenvalue weighted by molar-refractivity contribution is 5.36. The molecule has 0 radical (unpaired) electrons. The van der Waals surface area contributed by atoms with Crippen molar-refractivity contribution in [2.45, 2.75) is 45.6 Å². The van der Waals surface area contributed by atoms with Crippen molar-refractivity contribution < 1.29 is 9.84 Å². The van der Waals surface area contributed by atoms with E-state index in [1.807, 2.05) is 31.2 Å². The molecule has 100 valence electrons. The smallest absolute Gasteiger partial charge is 0.122 e. The molecule has 0 amide bonds. The van der Waals surface area contributed by atoms with Gasteiger partial charge in [0.1, 0.15) is 5.75 Å². The lowest BCUT2D eigenvalue weighted by Crippen LogP contribution is -2.00. The molecule has 2 heteroatoms. The monoisotopic (exact) mass is 248 g/mol. The summed E-state index contributed by atoms with van der Waals surface area (Å²) in [5.74, 6) is 0.920. The second kappa shape index (κ2) is 7.93. The summed E-state index contributed by atoms with van der Waals surface area (Å²) < 4.78 is 5.74. The van der Waals surface area contributed by atoms with Gasteiger partial charge in [-0.25, -0.2) is 0 Å². The van der Waals surface area contributed by atoms with Crippen LogP contribution >= 0.6 is 0 Å². The highest BCUT2D eigenvalue weighted by Gasteiger charge is 2.04. The molecule has 1 N–H and O–H groups in total. The fraction of sp³-hybridized carbons (Fsp3) is 0.500. The average Bonchev–Trinajstić information content (AvgIpc) is 2.35. The van der Waals surface area contributed by atoms with E-state index in [-0.39, 0.29) is 0 Å². The third kappa shape index (κ3) is 4.92. The third-order valence-electron chi connectivity index (χ3n) is 2.99. The molecule has 0 aromatic heterocycles. The highest BCUT2D eigenvalue weighted by Crippen LogP contribution is 2.22. The Labute approximate surface area is 110 Å². The molecule has 0 fully saturated rings. The van der Waals surface area contributed by atoms with Gasteiger partial charge < -0.3 is 9.84 Å². The van der Waals surface area contributed by atoms with Crippen LogP contribution in [0.2, 0.25) is 0 Å². The molecule has 1 rings (SSSR count). The van der Waals surface area contributed by atoms with Crippen molar-refractivity contribution in [1.82, 2.24) is 0 Å². The van der Waals surface area contributed by atoms with E-state index in [0.717, 1.165) is 36.3 Å². The summed E-state index contributed by atoms with van der Waals surface area (Å²) in [4.78, 5) is 0. The van der Waals surface area contributed by atoms with Crippen molar-refractivity contribution in [3.05, 3.63) is 42.0 Å². The summed E-state index contributed by atoms with van der Waals surface area (Å²) in [6, 6.07) is 5.85. The van der Waals surface area contributed by atoms with Crippen LogP contribution in [0.1, 0.15) is 49.8 Å². The molecule has 1 aromatic carbocycles. The third-order valence-corrected chi connectivity index (χ3v) is 2.99. The van der Waals surface area contributed by atoms with E-state index in [9.17, 15) is 5.11 Å². The van der Waals surface area contributed by atoms with Crippen LogP contribution in [-0.4, -0.2) is 11.7 Å². The molecule has 1 aromatic rings. The van der Waals surface area contributed by atoms with Gasteiger partial charge >= 0.3 is 0 Å². The minimum atomic E-state index is -0.420. The van der Waals surface area contributed by atoms with Crippen LogP contribution in [0.3, 0.4) is 0 Å². The minimum Gasteiger partial charge on any atom is -0.493 e. The lowest BCUT2D eigenvalue weighted by Gasteiger charge is -2.11. The number of rotatable bonds is 8. The van der Waals surface area contributed by atoms with Crippen molar-refractivity contribution in [2.75, 3.05) is 6.61 Å². The molecule has 18 heavy (non-hydrogen) atoms. The van der Waals surface area contributed by atoms with Crippen LogP contribution in [-0.2, 0) is 0 Å². The Balaban J connectivity index is 2.36. The summed E-state index contributed by atoms with van der Waals surface area (Å²) in [5.41, 5.74) is 2.02. The van der Waals surface area contributed by atoms with Crippen LogP contribution in [0.25, 0.3) is 0 Å². The fourth-order valence-corrected chi connectivity index (χ4v) is 1.84. The second-order valence-electron chi connectivity index (χ2n) is 4.69. The molecule has 0 aliphatic carbocycles. The first-order chi connectivity index (χ1) is 8.65. The van der Waals surface area contributed by atoms with Gasteiger partial charge in [-0.15, -0.1) is 6.58 Å². The fourth-order valence-electron chi connectivity index (χ4n) is 1.84. The minimum absolute atomic E-state index is 0.420. The maximum absolute atomic E-state index is 9.49. The van der Waals surface area contributed by atoms with E-state index < -0.39 is 6.10 Å². The Morgan fingerprint density at radius 2 is 2.11 bits per heavy atom. The number of allylic oxidation sites excluding steroid dienone is 1. The highest BCUT2D eigenvalue weighted by atomic mass is 16.5. The topological polar surface area (TPSA) is 29.5 Å². The van der Waals surface area contributed by atoms with Gasteiger partial charge in [-0.05, 0) is 62.8 Å². The molecule has 1 unspecified atom stereocenters. The normalized spacial score (nSPS) is 12.2. The molecule has 2 nitrogen and oxygen atoms in total. The largest absolute Gasteiger partial charge is 0.493 e.